The topological polar surface area (TPSA) is 75.3 Å². The first kappa shape index (κ1) is 17.8. The van der Waals surface area contributed by atoms with Crippen molar-refractivity contribution in [3.05, 3.63) is 64.4 Å². The second kappa shape index (κ2) is 7.11. The Balaban J connectivity index is 1.77. The Kier molecular flexibility index (Phi) is 5.08. The maximum absolute atomic E-state index is 13.6. The fourth-order valence-corrected chi connectivity index (χ4v) is 4.08. The number of sulfonamides is 1. The van der Waals surface area contributed by atoms with Crippen molar-refractivity contribution in [2.45, 2.75) is 30.3 Å². The van der Waals surface area contributed by atoms with Crippen LogP contribution in [-0.4, -0.2) is 20.4 Å². The molecule has 0 bridgehead atoms. The first-order chi connectivity index (χ1) is 11.9. The summed E-state index contributed by atoms with van der Waals surface area (Å²) in [6.07, 6.45) is 1.58. The molecule has 1 saturated carbocycles. The van der Waals surface area contributed by atoms with Crippen LogP contribution in [0, 0.1) is 5.82 Å². The van der Waals surface area contributed by atoms with Crippen LogP contribution in [0.5, 0.6) is 0 Å². The lowest BCUT2D eigenvalue weighted by molar-refractivity contribution is 0.0950. The molecule has 1 aliphatic carbocycles. The van der Waals surface area contributed by atoms with Crippen molar-refractivity contribution >= 4 is 27.5 Å². The summed E-state index contributed by atoms with van der Waals surface area (Å²) in [4.78, 5) is 12.1. The van der Waals surface area contributed by atoms with E-state index in [1.54, 1.807) is 18.2 Å². The van der Waals surface area contributed by atoms with Crippen molar-refractivity contribution in [1.29, 1.82) is 0 Å². The van der Waals surface area contributed by atoms with Gasteiger partial charge in [0.2, 0.25) is 10.0 Å². The Hall–Kier alpha value is -1.96. The first-order valence-electron chi connectivity index (χ1n) is 7.70. The molecule has 2 N–H and O–H groups in total. The summed E-state index contributed by atoms with van der Waals surface area (Å²) in [6.45, 7) is -0.00343. The first-order valence-corrected chi connectivity index (χ1v) is 9.56. The maximum atomic E-state index is 13.6. The molecule has 0 atom stereocenters. The zero-order valence-corrected chi connectivity index (χ0v) is 14.7. The molecule has 3 rings (SSSR count). The molecule has 2 aromatic carbocycles. The molecule has 132 valence electrons. The normalized spacial score (nSPS) is 14.3. The molecule has 0 saturated heterocycles. The monoisotopic (exact) mass is 382 g/mol. The minimum atomic E-state index is -3.78. The molecule has 0 aromatic heterocycles. The second-order valence-corrected chi connectivity index (χ2v) is 7.90. The van der Waals surface area contributed by atoms with Gasteiger partial charge in [-0.2, -0.15) is 0 Å². The Bertz CT molecular complexity index is 914. The SMILES string of the molecule is O=C(NCc1ccccc1F)c1ccc(Cl)c(S(=O)(=O)NC2CC2)c1. The van der Waals surface area contributed by atoms with Crippen molar-refractivity contribution in [2.24, 2.45) is 0 Å². The van der Waals surface area contributed by atoms with Gasteiger partial charge < -0.3 is 5.32 Å². The zero-order chi connectivity index (χ0) is 18.0. The molecule has 1 fully saturated rings. The Labute approximate surface area is 150 Å². The number of hydrogen-bond acceptors (Lipinski definition) is 3. The van der Waals surface area contributed by atoms with Crippen LogP contribution in [0.2, 0.25) is 5.02 Å². The number of amides is 1. The van der Waals surface area contributed by atoms with Crippen LogP contribution >= 0.6 is 11.6 Å². The van der Waals surface area contributed by atoms with Crippen LogP contribution in [0.4, 0.5) is 4.39 Å². The van der Waals surface area contributed by atoms with Crippen molar-refractivity contribution in [1.82, 2.24) is 10.0 Å². The highest BCUT2D eigenvalue weighted by molar-refractivity contribution is 7.89. The minimum absolute atomic E-state index is 0.00343. The molecular weight excluding hydrogens is 367 g/mol. The van der Waals surface area contributed by atoms with Crippen LogP contribution in [0.15, 0.2) is 47.4 Å². The van der Waals surface area contributed by atoms with Gasteiger partial charge in [-0.3, -0.25) is 4.79 Å². The molecule has 0 radical (unpaired) electrons. The molecule has 0 spiro atoms. The van der Waals surface area contributed by atoms with E-state index in [0.717, 1.165) is 12.8 Å². The summed E-state index contributed by atoms with van der Waals surface area (Å²) in [5, 5.41) is 2.61. The average Bonchev–Trinajstić information content (AvgIpc) is 3.37. The van der Waals surface area contributed by atoms with E-state index in [0.29, 0.717) is 5.56 Å². The van der Waals surface area contributed by atoms with Crippen molar-refractivity contribution in [2.75, 3.05) is 0 Å². The second-order valence-electron chi connectivity index (χ2n) is 5.81. The minimum Gasteiger partial charge on any atom is -0.348 e. The predicted octanol–water partition coefficient (Wildman–Crippen LogP) is 2.85. The number of rotatable bonds is 6. The Morgan fingerprint density at radius 1 is 1.20 bits per heavy atom. The van der Waals surface area contributed by atoms with Gasteiger partial charge in [0.05, 0.1) is 5.02 Å². The number of carbonyl (C=O) groups excluding carboxylic acids is 1. The van der Waals surface area contributed by atoms with Crippen molar-refractivity contribution in [3.8, 4) is 0 Å². The number of carbonyl (C=O) groups is 1. The lowest BCUT2D eigenvalue weighted by atomic mass is 10.2. The summed E-state index contributed by atoms with van der Waals surface area (Å²) in [5.41, 5.74) is 0.477. The van der Waals surface area contributed by atoms with E-state index in [1.165, 1.54) is 24.3 Å². The Morgan fingerprint density at radius 3 is 2.60 bits per heavy atom. The van der Waals surface area contributed by atoms with Gasteiger partial charge in [-0.25, -0.2) is 17.5 Å². The van der Waals surface area contributed by atoms with E-state index in [1.807, 2.05) is 0 Å². The lowest BCUT2D eigenvalue weighted by Gasteiger charge is -2.10. The van der Waals surface area contributed by atoms with Gasteiger partial charge in [-0.15, -0.1) is 0 Å². The van der Waals surface area contributed by atoms with Crippen molar-refractivity contribution < 1.29 is 17.6 Å². The van der Waals surface area contributed by atoms with Gasteiger partial charge in [0.25, 0.3) is 5.91 Å². The van der Waals surface area contributed by atoms with E-state index in [4.69, 9.17) is 11.6 Å². The number of hydrogen-bond donors (Lipinski definition) is 2. The molecule has 25 heavy (non-hydrogen) atoms. The number of nitrogens with one attached hydrogen (secondary N) is 2. The quantitative estimate of drug-likeness (QED) is 0.806. The summed E-state index contributed by atoms with van der Waals surface area (Å²) < 4.78 is 40.8. The third-order valence-corrected chi connectivity index (χ3v) is 5.78. The van der Waals surface area contributed by atoms with E-state index in [-0.39, 0.29) is 28.1 Å². The van der Waals surface area contributed by atoms with E-state index in [9.17, 15) is 17.6 Å². The number of benzene rings is 2. The highest BCUT2D eigenvalue weighted by atomic mass is 35.5. The molecule has 1 aliphatic rings. The molecule has 0 aliphatic heterocycles. The lowest BCUT2D eigenvalue weighted by Crippen LogP contribution is -2.27. The van der Waals surface area contributed by atoms with Gasteiger partial charge in [0, 0.05) is 23.7 Å². The molecule has 1 amide bonds. The zero-order valence-electron chi connectivity index (χ0n) is 13.1. The summed E-state index contributed by atoms with van der Waals surface area (Å²) in [5.74, 6) is -0.932. The largest absolute Gasteiger partial charge is 0.348 e. The highest BCUT2D eigenvalue weighted by Crippen LogP contribution is 2.26. The van der Waals surface area contributed by atoms with Gasteiger partial charge in [0.15, 0.2) is 0 Å². The van der Waals surface area contributed by atoms with Gasteiger partial charge in [-0.1, -0.05) is 29.8 Å². The molecule has 0 heterocycles. The highest BCUT2D eigenvalue weighted by Gasteiger charge is 2.29. The standard InChI is InChI=1S/C17H16ClFN2O3S/c18-14-8-5-11(9-16(14)25(23,24)21-13-6-7-13)17(22)20-10-12-3-1-2-4-15(12)19/h1-5,8-9,13,21H,6-7,10H2,(H,20,22). The molecular formula is C17H16ClFN2O3S. The Morgan fingerprint density at radius 2 is 1.92 bits per heavy atom. The van der Waals surface area contributed by atoms with E-state index in [2.05, 4.69) is 10.0 Å². The summed E-state index contributed by atoms with van der Waals surface area (Å²) in [7, 11) is -3.78. The number of halogens is 2. The van der Waals surface area contributed by atoms with Crippen LogP contribution in [0.1, 0.15) is 28.8 Å². The molecule has 0 unspecified atom stereocenters. The van der Waals surface area contributed by atoms with Crippen LogP contribution in [0.25, 0.3) is 0 Å². The maximum Gasteiger partial charge on any atom is 0.251 e. The fraction of sp³-hybridized carbons (Fsp3) is 0.235. The summed E-state index contributed by atoms with van der Waals surface area (Å²) >= 11 is 5.98. The average molecular weight is 383 g/mol. The van der Waals surface area contributed by atoms with Crippen LogP contribution < -0.4 is 10.0 Å². The fourth-order valence-electron chi connectivity index (χ4n) is 2.25. The predicted molar refractivity (Wildman–Crippen MR) is 92.4 cm³/mol. The third kappa shape index (κ3) is 4.36. The molecule has 2 aromatic rings. The van der Waals surface area contributed by atoms with Crippen molar-refractivity contribution in [3.63, 3.8) is 0 Å². The third-order valence-electron chi connectivity index (χ3n) is 3.78. The van der Waals surface area contributed by atoms with E-state index < -0.39 is 21.7 Å². The smallest absolute Gasteiger partial charge is 0.251 e. The summed E-state index contributed by atoms with van der Waals surface area (Å²) in [6, 6.07) is 10.0. The van der Waals surface area contributed by atoms with Gasteiger partial charge in [0.1, 0.15) is 10.7 Å². The van der Waals surface area contributed by atoms with Gasteiger partial charge in [-0.05, 0) is 37.1 Å². The molecule has 5 nitrogen and oxygen atoms in total. The molecule has 8 heteroatoms. The van der Waals surface area contributed by atoms with Crippen LogP contribution in [0.3, 0.4) is 0 Å². The van der Waals surface area contributed by atoms with Crippen LogP contribution in [-0.2, 0) is 16.6 Å². The van der Waals surface area contributed by atoms with E-state index >= 15 is 0 Å². The van der Waals surface area contributed by atoms with Gasteiger partial charge >= 0.3 is 0 Å².